The van der Waals surface area contributed by atoms with Gasteiger partial charge in [0, 0.05) is 26.2 Å². The zero-order chi connectivity index (χ0) is 15.0. The van der Waals surface area contributed by atoms with Gasteiger partial charge in [0.2, 0.25) is 0 Å². The predicted octanol–water partition coefficient (Wildman–Crippen LogP) is -8.04. The number of hydrogen-bond acceptors (Lipinski definition) is 7. The molecule has 0 aliphatic carbocycles. The van der Waals surface area contributed by atoms with Crippen molar-refractivity contribution in [3.63, 3.8) is 0 Å². The Bertz CT molecular complexity index is 492. The molecule has 2 saturated heterocycles. The second kappa shape index (κ2) is 16.2. The molecule has 143 valence electrons. The molecule has 0 amide bonds. The fourth-order valence-corrected chi connectivity index (χ4v) is 2.60. The molecule has 3 heterocycles. The first kappa shape index (κ1) is 28.4. The van der Waals surface area contributed by atoms with Crippen molar-refractivity contribution < 1.29 is 78.1 Å². The number of nitrogens with zero attached hydrogens (tertiary/aromatic N) is 5. The fourth-order valence-electron chi connectivity index (χ4n) is 2.60. The molecule has 2 aliphatic heterocycles. The molecule has 0 bridgehead atoms. The summed E-state index contributed by atoms with van der Waals surface area (Å²) in [5, 5.41) is 12.7. The fraction of sp³-hybridized carbons (Fsp3) is 0.533. The number of pyridine rings is 1. The second-order valence-corrected chi connectivity index (χ2v) is 5.59. The van der Waals surface area contributed by atoms with Crippen LogP contribution >= 0.6 is 0 Å². The summed E-state index contributed by atoms with van der Waals surface area (Å²) in [5.41, 5.74) is 7.71. The number of nitrogens with one attached hydrogen (secondary N) is 2. The van der Waals surface area contributed by atoms with Crippen LogP contribution in [-0.4, -0.2) is 53.6 Å². The molecule has 2 fully saturated rings. The topological polar surface area (TPSA) is 68.2 Å². The van der Waals surface area contributed by atoms with Crippen molar-refractivity contribution >= 4 is 12.4 Å². The van der Waals surface area contributed by atoms with Crippen LogP contribution in [-0.2, 0) is 0 Å². The Hall–Kier alpha value is 0.231. The minimum Gasteiger partial charge on any atom is -1.00 e. The third kappa shape index (κ3) is 9.96. The number of rotatable bonds is 6. The Kier molecular flexibility index (Phi) is 17.7. The summed E-state index contributed by atoms with van der Waals surface area (Å²) in [4.78, 5) is 4.49. The molecule has 0 spiro atoms. The summed E-state index contributed by atoms with van der Waals surface area (Å²) in [6.45, 7) is 4.22. The molecule has 1 aromatic heterocycles. The number of hydrazine groups is 2. The van der Waals surface area contributed by atoms with Gasteiger partial charge in [0.1, 0.15) is 0 Å². The van der Waals surface area contributed by atoms with Crippen molar-refractivity contribution in [3.05, 3.63) is 29.6 Å². The van der Waals surface area contributed by atoms with Crippen LogP contribution in [0, 0.1) is 40.8 Å². The van der Waals surface area contributed by atoms with E-state index in [1.54, 1.807) is 12.4 Å². The van der Waals surface area contributed by atoms with Gasteiger partial charge in [-0.15, -0.1) is 0 Å². The number of aromatic nitrogens is 1. The Morgan fingerprint density at radius 3 is 1.54 bits per heavy atom. The molecule has 0 unspecified atom stereocenters. The zero-order valence-electron chi connectivity index (χ0n) is 14.4. The SMILES string of the molecule is C(=NNN1CCCC1)c1cccc(C=NNN2CCCC2)n1.[Cl-].[Cl-].[Cl-].[Nd+3]. The Morgan fingerprint density at radius 2 is 1.15 bits per heavy atom. The van der Waals surface area contributed by atoms with Gasteiger partial charge in [0.15, 0.2) is 0 Å². The molecular formula is C15H23Cl3N7Nd. The van der Waals surface area contributed by atoms with Crippen molar-refractivity contribution in [2.75, 3.05) is 26.2 Å². The Labute approximate surface area is 206 Å². The standard InChI is InChI=1S/C15H23N7.3ClH.Nd/c1-2-9-21(8-1)19-16-12-14-6-5-7-15(18-14)13-17-20-22-10-3-4-11-22;;;;/h5-7,12-13,19-20H,1-4,8-11H2;3*1H;/q;;;;+3/p-3. The minimum absolute atomic E-state index is 0. The van der Waals surface area contributed by atoms with Crippen molar-refractivity contribution in [1.82, 2.24) is 26.1 Å². The van der Waals surface area contributed by atoms with Crippen molar-refractivity contribution in [2.24, 2.45) is 10.2 Å². The summed E-state index contributed by atoms with van der Waals surface area (Å²) >= 11 is 0. The average molecular weight is 552 g/mol. The second-order valence-electron chi connectivity index (χ2n) is 5.59. The third-order valence-corrected chi connectivity index (χ3v) is 3.80. The summed E-state index contributed by atoms with van der Waals surface area (Å²) < 4.78 is 0. The van der Waals surface area contributed by atoms with Crippen LogP contribution < -0.4 is 48.3 Å². The monoisotopic (exact) mass is 548 g/mol. The molecular weight excluding hydrogens is 529 g/mol. The van der Waals surface area contributed by atoms with E-state index in [0.717, 1.165) is 37.6 Å². The van der Waals surface area contributed by atoms with Crippen LogP contribution in [0.25, 0.3) is 0 Å². The van der Waals surface area contributed by atoms with Crippen LogP contribution in [0.2, 0.25) is 0 Å². The van der Waals surface area contributed by atoms with Crippen molar-refractivity contribution in [2.45, 2.75) is 25.7 Å². The summed E-state index contributed by atoms with van der Waals surface area (Å²) in [6.07, 6.45) is 8.41. The molecule has 3 rings (SSSR count). The molecule has 1 radical (unpaired) electrons. The molecule has 7 nitrogen and oxygen atoms in total. The van der Waals surface area contributed by atoms with E-state index in [2.05, 4.69) is 36.3 Å². The maximum absolute atomic E-state index is 4.49. The first-order chi connectivity index (χ1) is 10.9. The van der Waals surface area contributed by atoms with E-state index >= 15 is 0 Å². The van der Waals surface area contributed by atoms with Gasteiger partial charge in [-0.25, -0.2) is 26.1 Å². The third-order valence-electron chi connectivity index (χ3n) is 3.80. The summed E-state index contributed by atoms with van der Waals surface area (Å²) in [6, 6.07) is 5.82. The van der Waals surface area contributed by atoms with E-state index in [4.69, 9.17) is 0 Å². The van der Waals surface area contributed by atoms with Gasteiger partial charge >= 0.3 is 40.8 Å². The minimum atomic E-state index is 0. The van der Waals surface area contributed by atoms with E-state index in [0.29, 0.717) is 0 Å². The molecule has 26 heavy (non-hydrogen) atoms. The molecule has 1 aromatic rings. The normalized spacial score (nSPS) is 17.2. The van der Waals surface area contributed by atoms with Crippen molar-refractivity contribution in [1.29, 1.82) is 0 Å². The molecule has 2 aliphatic rings. The van der Waals surface area contributed by atoms with Crippen LogP contribution in [0.4, 0.5) is 0 Å². The van der Waals surface area contributed by atoms with Gasteiger partial charge in [0.05, 0.1) is 23.8 Å². The zero-order valence-corrected chi connectivity index (χ0v) is 19.9. The molecule has 0 atom stereocenters. The van der Waals surface area contributed by atoms with E-state index in [1.165, 1.54) is 25.7 Å². The van der Waals surface area contributed by atoms with Gasteiger partial charge in [-0.05, 0) is 37.8 Å². The van der Waals surface area contributed by atoms with E-state index in [1.807, 2.05) is 18.2 Å². The number of hydrazone groups is 2. The predicted molar refractivity (Wildman–Crippen MR) is 87.3 cm³/mol. The van der Waals surface area contributed by atoms with Crippen LogP contribution in [0.3, 0.4) is 0 Å². The molecule has 0 aromatic carbocycles. The van der Waals surface area contributed by atoms with Gasteiger partial charge in [-0.1, -0.05) is 6.07 Å². The van der Waals surface area contributed by atoms with Crippen LogP contribution in [0.1, 0.15) is 37.1 Å². The first-order valence-electron chi connectivity index (χ1n) is 7.94. The summed E-state index contributed by atoms with van der Waals surface area (Å²) in [7, 11) is 0. The number of hydrogen-bond donors (Lipinski definition) is 2. The van der Waals surface area contributed by atoms with E-state index < -0.39 is 0 Å². The Morgan fingerprint density at radius 1 is 0.769 bits per heavy atom. The van der Waals surface area contributed by atoms with Gasteiger partial charge in [-0.3, -0.25) is 0 Å². The molecule has 11 heteroatoms. The van der Waals surface area contributed by atoms with Gasteiger partial charge < -0.3 is 37.2 Å². The maximum atomic E-state index is 4.49. The van der Waals surface area contributed by atoms with Crippen LogP contribution in [0.5, 0.6) is 0 Å². The number of halogens is 3. The van der Waals surface area contributed by atoms with Crippen molar-refractivity contribution in [3.8, 4) is 0 Å². The molecule has 0 saturated carbocycles. The smallest absolute Gasteiger partial charge is 1.00 e. The largest absolute Gasteiger partial charge is 3.00 e. The van der Waals surface area contributed by atoms with Gasteiger partial charge in [0.25, 0.3) is 0 Å². The maximum Gasteiger partial charge on any atom is 3.00 e. The summed E-state index contributed by atoms with van der Waals surface area (Å²) in [5.74, 6) is 0. The molecule has 2 N–H and O–H groups in total. The quantitative estimate of drug-likeness (QED) is 0.272. The van der Waals surface area contributed by atoms with Crippen LogP contribution in [0.15, 0.2) is 28.4 Å². The Balaban J connectivity index is 0. The average Bonchev–Trinajstić information content (AvgIpc) is 3.21. The first-order valence-corrected chi connectivity index (χ1v) is 7.94. The van der Waals surface area contributed by atoms with E-state index in [-0.39, 0.29) is 78.1 Å². The van der Waals surface area contributed by atoms with Gasteiger partial charge in [-0.2, -0.15) is 10.2 Å². The van der Waals surface area contributed by atoms with E-state index in [9.17, 15) is 0 Å².